The largest absolute Gasteiger partial charge is 0.384 e. The van der Waals surface area contributed by atoms with Gasteiger partial charge in [0.2, 0.25) is 0 Å². The fraction of sp³-hybridized carbons (Fsp3) is 0.471. The Morgan fingerprint density at radius 2 is 2.33 bits per heavy atom. The van der Waals surface area contributed by atoms with Gasteiger partial charge in [0.05, 0.1) is 13.2 Å². The first-order valence-electron chi connectivity index (χ1n) is 7.23. The van der Waals surface area contributed by atoms with Crippen LogP contribution >= 0.6 is 0 Å². The molecule has 1 heterocycles. The molecule has 0 bridgehead atoms. The standard InChI is InChI=1S/C17H22N2O2/c1-13-10-16(6-5-15(13)4-3-8-18)17(20)19-9-7-14(11-19)12-21-2/h5-6,10,14H,7-9,11-12,18H2,1-2H3. The second-order valence-electron chi connectivity index (χ2n) is 5.40. The van der Waals surface area contributed by atoms with Gasteiger partial charge in [0, 0.05) is 37.2 Å². The Hall–Kier alpha value is -1.83. The number of nitrogens with two attached hydrogens (primary N) is 1. The number of ether oxygens (including phenoxy) is 1. The summed E-state index contributed by atoms with van der Waals surface area (Å²) in [7, 11) is 1.70. The summed E-state index contributed by atoms with van der Waals surface area (Å²) in [5.74, 6) is 6.40. The summed E-state index contributed by atoms with van der Waals surface area (Å²) >= 11 is 0. The minimum atomic E-state index is 0.0926. The summed E-state index contributed by atoms with van der Waals surface area (Å²) in [5.41, 5.74) is 8.04. The van der Waals surface area contributed by atoms with Crippen molar-refractivity contribution in [2.75, 3.05) is 33.4 Å². The minimum absolute atomic E-state index is 0.0926. The van der Waals surface area contributed by atoms with Crippen LogP contribution in [0.25, 0.3) is 0 Å². The van der Waals surface area contributed by atoms with Gasteiger partial charge in [0.1, 0.15) is 0 Å². The number of carbonyl (C=O) groups excluding carboxylic acids is 1. The molecule has 4 heteroatoms. The highest BCUT2D eigenvalue weighted by Crippen LogP contribution is 2.20. The van der Waals surface area contributed by atoms with Crippen molar-refractivity contribution in [1.29, 1.82) is 0 Å². The van der Waals surface area contributed by atoms with Crippen molar-refractivity contribution in [3.63, 3.8) is 0 Å². The summed E-state index contributed by atoms with van der Waals surface area (Å²) in [6.45, 7) is 4.61. The van der Waals surface area contributed by atoms with Gasteiger partial charge >= 0.3 is 0 Å². The second kappa shape index (κ2) is 7.26. The summed E-state index contributed by atoms with van der Waals surface area (Å²) in [5, 5.41) is 0. The minimum Gasteiger partial charge on any atom is -0.384 e. The highest BCUT2D eigenvalue weighted by atomic mass is 16.5. The Morgan fingerprint density at radius 3 is 3.00 bits per heavy atom. The van der Waals surface area contributed by atoms with Crippen LogP contribution in [0.15, 0.2) is 18.2 Å². The van der Waals surface area contributed by atoms with Crippen LogP contribution in [0.2, 0.25) is 0 Å². The quantitative estimate of drug-likeness (QED) is 0.855. The average molecular weight is 286 g/mol. The highest BCUT2D eigenvalue weighted by molar-refractivity contribution is 5.94. The van der Waals surface area contributed by atoms with Crippen molar-refractivity contribution in [1.82, 2.24) is 4.90 Å². The zero-order valence-corrected chi connectivity index (χ0v) is 12.7. The summed E-state index contributed by atoms with van der Waals surface area (Å²) in [6, 6.07) is 5.65. The molecule has 1 aliphatic rings. The van der Waals surface area contributed by atoms with E-state index in [0.717, 1.165) is 42.8 Å². The number of hydrogen-bond acceptors (Lipinski definition) is 3. The zero-order valence-electron chi connectivity index (χ0n) is 12.7. The van der Waals surface area contributed by atoms with E-state index in [1.807, 2.05) is 30.0 Å². The summed E-state index contributed by atoms with van der Waals surface area (Å²) in [6.07, 6.45) is 1.01. The zero-order chi connectivity index (χ0) is 15.2. The van der Waals surface area contributed by atoms with E-state index in [-0.39, 0.29) is 5.91 Å². The van der Waals surface area contributed by atoms with Gasteiger partial charge in [0.15, 0.2) is 0 Å². The summed E-state index contributed by atoms with van der Waals surface area (Å²) in [4.78, 5) is 14.4. The van der Waals surface area contributed by atoms with Gasteiger partial charge in [-0.2, -0.15) is 0 Å². The lowest BCUT2D eigenvalue weighted by Crippen LogP contribution is -2.29. The maximum atomic E-state index is 12.5. The lowest BCUT2D eigenvalue weighted by molar-refractivity contribution is 0.0775. The number of hydrogen-bond donors (Lipinski definition) is 1. The molecule has 21 heavy (non-hydrogen) atoms. The molecular formula is C17H22N2O2. The number of carbonyl (C=O) groups is 1. The first-order chi connectivity index (χ1) is 10.2. The van der Waals surface area contributed by atoms with Crippen molar-refractivity contribution in [3.05, 3.63) is 34.9 Å². The Bertz CT molecular complexity index is 572. The van der Waals surface area contributed by atoms with Gasteiger partial charge in [0.25, 0.3) is 5.91 Å². The maximum Gasteiger partial charge on any atom is 0.253 e. The smallest absolute Gasteiger partial charge is 0.253 e. The van der Waals surface area contributed by atoms with Gasteiger partial charge in [-0.05, 0) is 37.1 Å². The molecule has 0 aliphatic carbocycles. The number of aryl methyl sites for hydroxylation is 1. The summed E-state index contributed by atoms with van der Waals surface area (Å²) < 4.78 is 5.17. The number of benzene rings is 1. The molecule has 1 aromatic carbocycles. The van der Waals surface area contributed by atoms with E-state index in [4.69, 9.17) is 10.5 Å². The molecule has 1 amide bonds. The van der Waals surface area contributed by atoms with Crippen molar-refractivity contribution in [3.8, 4) is 11.8 Å². The van der Waals surface area contributed by atoms with Crippen molar-refractivity contribution >= 4 is 5.91 Å². The van der Waals surface area contributed by atoms with Crippen LogP contribution in [-0.4, -0.2) is 44.2 Å². The molecular weight excluding hydrogens is 264 g/mol. The molecule has 2 N–H and O–H groups in total. The lowest BCUT2D eigenvalue weighted by Gasteiger charge is -2.17. The van der Waals surface area contributed by atoms with Crippen LogP contribution < -0.4 is 5.73 Å². The van der Waals surface area contributed by atoms with Crippen LogP contribution in [0.4, 0.5) is 0 Å². The third-order valence-corrected chi connectivity index (χ3v) is 3.77. The Kier molecular flexibility index (Phi) is 5.38. The van der Waals surface area contributed by atoms with Crippen molar-refractivity contribution in [2.45, 2.75) is 13.3 Å². The van der Waals surface area contributed by atoms with Crippen LogP contribution in [-0.2, 0) is 4.74 Å². The molecule has 1 aliphatic heterocycles. The number of methoxy groups -OCH3 is 1. The Labute approximate surface area is 126 Å². The lowest BCUT2D eigenvalue weighted by atomic mass is 10.0. The first kappa shape index (κ1) is 15.6. The number of nitrogens with zero attached hydrogens (tertiary/aromatic N) is 1. The topological polar surface area (TPSA) is 55.6 Å². The fourth-order valence-corrected chi connectivity index (χ4v) is 2.65. The third-order valence-electron chi connectivity index (χ3n) is 3.77. The van der Waals surface area contributed by atoms with E-state index < -0.39 is 0 Å². The van der Waals surface area contributed by atoms with E-state index in [2.05, 4.69) is 11.8 Å². The Balaban J connectivity index is 2.08. The van der Waals surface area contributed by atoms with Crippen molar-refractivity contribution < 1.29 is 9.53 Å². The van der Waals surface area contributed by atoms with E-state index >= 15 is 0 Å². The van der Waals surface area contributed by atoms with E-state index in [0.29, 0.717) is 12.5 Å². The van der Waals surface area contributed by atoms with Gasteiger partial charge in [-0.25, -0.2) is 0 Å². The fourth-order valence-electron chi connectivity index (χ4n) is 2.65. The van der Waals surface area contributed by atoms with Crippen LogP contribution in [0.5, 0.6) is 0 Å². The molecule has 0 saturated carbocycles. The number of amides is 1. The van der Waals surface area contributed by atoms with E-state index in [1.165, 1.54) is 0 Å². The molecule has 1 atom stereocenters. The number of rotatable bonds is 3. The molecule has 1 unspecified atom stereocenters. The first-order valence-corrected chi connectivity index (χ1v) is 7.23. The molecule has 112 valence electrons. The molecule has 4 nitrogen and oxygen atoms in total. The van der Waals surface area contributed by atoms with Gasteiger partial charge in [-0.15, -0.1) is 0 Å². The predicted octanol–water partition coefficient (Wildman–Crippen LogP) is 1.41. The van der Waals surface area contributed by atoms with Gasteiger partial charge in [-0.3, -0.25) is 4.79 Å². The van der Waals surface area contributed by atoms with Gasteiger partial charge < -0.3 is 15.4 Å². The average Bonchev–Trinajstić information content (AvgIpc) is 2.94. The van der Waals surface area contributed by atoms with Crippen molar-refractivity contribution in [2.24, 2.45) is 11.7 Å². The molecule has 0 spiro atoms. The molecule has 1 fully saturated rings. The van der Waals surface area contributed by atoms with E-state index in [1.54, 1.807) is 7.11 Å². The number of likely N-dealkylation sites (tertiary alicyclic amines) is 1. The highest BCUT2D eigenvalue weighted by Gasteiger charge is 2.26. The van der Waals surface area contributed by atoms with Gasteiger partial charge in [-0.1, -0.05) is 11.8 Å². The predicted molar refractivity (Wildman–Crippen MR) is 83.0 cm³/mol. The normalized spacial score (nSPS) is 17.5. The van der Waals surface area contributed by atoms with E-state index in [9.17, 15) is 4.79 Å². The second-order valence-corrected chi connectivity index (χ2v) is 5.40. The molecule has 1 aromatic rings. The van der Waals surface area contributed by atoms with Crippen LogP contribution in [0.3, 0.4) is 0 Å². The molecule has 0 radical (unpaired) electrons. The monoisotopic (exact) mass is 286 g/mol. The molecule has 0 aromatic heterocycles. The molecule has 1 saturated heterocycles. The molecule has 2 rings (SSSR count). The Morgan fingerprint density at radius 1 is 1.52 bits per heavy atom. The SMILES string of the molecule is COCC1CCN(C(=O)c2ccc(C#CCN)c(C)c2)C1. The third kappa shape index (κ3) is 3.84. The maximum absolute atomic E-state index is 12.5. The van der Waals surface area contributed by atoms with Crippen LogP contribution in [0, 0.1) is 24.7 Å². The van der Waals surface area contributed by atoms with Crippen LogP contribution in [0.1, 0.15) is 27.9 Å².